The Bertz CT molecular complexity index is 718. The molecule has 1 atom stereocenters. The average molecular weight is 352 g/mol. The fourth-order valence-corrected chi connectivity index (χ4v) is 3.29. The quantitative estimate of drug-likeness (QED) is 0.485. The number of rotatable bonds is 5. The van der Waals surface area contributed by atoms with E-state index in [9.17, 15) is 4.79 Å². The fourth-order valence-electron chi connectivity index (χ4n) is 3.29. The number of allylic oxidation sites excluding steroid dienone is 5. The number of aryl methyl sites for hydroxylation is 1. The van der Waals surface area contributed by atoms with Crippen LogP contribution in [0.4, 0.5) is 0 Å². The number of fused-ring (bicyclic) bond motifs is 1. The topological polar surface area (TPSA) is 91.0 Å². The van der Waals surface area contributed by atoms with E-state index in [1.165, 1.54) is 23.8 Å². The van der Waals surface area contributed by atoms with Crippen molar-refractivity contribution in [3.05, 3.63) is 70.6 Å². The van der Waals surface area contributed by atoms with Gasteiger partial charge < -0.3 is 21.8 Å². The Morgan fingerprint density at radius 3 is 2.77 bits per heavy atom. The van der Waals surface area contributed by atoms with Gasteiger partial charge in [0.05, 0.1) is 17.4 Å². The summed E-state index contributed by atoms with van der Waals surface area (Å²) in [5, 5.41) is 12.9. The molecule has 0 aliphatic heterocycles. The van der Waals surface area contributed by atoms with Gasteiger partial charge in [0, 0.05) is 13.3 Å². The number of hydrogen-bond donors (Lipinski definition) is 4. The van der Waals surface area contributed by atoms with Crippen molar-refractivity contribution >= 4 is 12.6 Å². The van der Waals surface area contributed by atoms with Gasteiger partial charge in [-0.05, 0) is 48.8 Å². The summed E-state index contributed by atoms with van der Waals surface area (Å²) in [6, 6.07) is 8.58. The molecule has 0 saturated carbocycles. The molecule has 1 aromatic rings. The van der Waals surface area contributed by atoms with Crippen LogP contribution in [0.3, 0.4) is 0 Å². The highest BCUT2D eigenvalue weighted by Gasteiger charge is 2.18. The first-order chi connectivity index (χ1) is 12.7. The summed E-state index contributed by atoms with van der Waals surface area (Å²) in [7, 11) is 1.77. The van der Waals surface area contributed by atoms with Crippen molar-refractivity contribution in [1.29, 1.82) is 5.41 Å². The highest BCUT2D eigenvalue weighted by Crippen LogP contribution is 2.28. The summed E-state index contributed by atoms with van der Waals surface area (Å²) in [5.41, 5.74) is 11.0. The highest BCUT2D eigenvalue weighted by molar-refractivity contribution is 5.77. The number of hydrogen-bond acceptors (Lipinski definition) is 4. The predicted octanol–water partition coefficient (Wildman–Crippen LogP) is 3.11. The van der Waals surface area contributed by atoms with Crippen molar-refractivity contribution in [1.82, 2.24) is 10.6 Å². The second-order valence-electron chi connectivity index (χ2n) is 6.31. The van der Waals surface area contributed by atoms with Gasteiger partial charge in [0.25, 0.3) is 0 Å². The van der Waals surface area contributed by atoms with Crippen LogP contribution in [0.15, 0.2) is 59.5 Å². The third-order valence-corrected chi connectivity index (χ3v) is 4.70. The Balaban J connectivity index is 0.000000187. The molecule has 0 bridgehead atoms. The molecule has 1 unspecified atom stereocenters. The maximum atomic E-state index is 10.4. The SMILES string of the molecule is CN/C(C=N)=C(/N)C1=CC=CCC1.O=CNC1CCCc2ccccc21. The minimum Gasteiger partial charge on any atom is -0.397 e. The Morgan fingerprint density at radius 1 is 1.31 bits per heavy atom. The van der Waals surface area contributed by atoms with E-state index in [-0.39, 0.29) is 6.04 Å². The van der Waals surface area contributed by atoms with E-state index in [0.717, 1.165) is 37.7 Å². The van der Waals surface area contributed by atoms with E-state index in [0.29, 0.717) is 11.4 Å². The standard InChI is InChI=1S/C11H13NO.C10H15N3/c13-8-12-11-7-3-5-9-4-1-2-6-10(9)11;1-13-9(7-11)10(12)8-5-3-2-4-6-8/h1-2,4,6,8,11H,3,5,7H2,(H,12,13);2-3,5,7,11,13H,4,6,12H2,1H3/b;10-9+,11-7?. The third-order valence-electron chi connectivity index (χ3n) is 4.70. The van der Waals surface area contributed by atoms with E-state index >= 15 is 0 Å². The molecule has 5 N–H and O–H groups in total. The number of nitrogens with one attached hydrogen (secondary N) is 3. The van der Waals surface area contributed by atoms with Crippen LogP contribution in [0.25, 0.3) is 0 Å². The van der Waals surface area contributed by atoms with E-state index in [2.05, 4.69) is 34.9 Å². The van der Waals surface area contributed by atoms with Crippen molar-refractivity contribution in [2.45, 2.75) is 38.1 Å². The first-order valence-corrected chi connectivity index (χ1v) is 9.02. The normalized spacial score (nSPS) is 19.0. The molecule has 3 rings (SSSR count). The van der Waals surface area contributed by atoms with Crippen LogP contribution in [0.5, 0.6) is 0 Å². The Hall–Kier alpha value is -2.82. The molecule has 2 aliphatic carbocycles. The molecule has 138 valence electrons. The summed E-state index contributed by atoms with van der Waals surface area (Å²) in [6.07, 6.45) is 13.5. The minimum atomic E-state index is 0.238. The van der Waals surface area contributed by atoms with Crippen LogP contribution in [-0.2, 0) is 11.2 Å². The molecule has 5 nitrogen and oxygen atoms in total. The first-order valence-electron chi connectivity index (χ1n) is 9.02. The van der Waals surface area contributed by atoms with Crippen molar-refractivity contribution < 1.29 is 4.79 Å². The number of amides is 1. The van der Waals surface area contributed by atoms with Gasteiger partial charge in [-0.25, -0.2) is 0 Å². The fraction of sp³-hybridized carbons (Fsp3) is 0.333. The van der Waals surface area contributed by atoms with Crippen LogP contribution in [0, 0.1) is 5.41 Å². The molecule has 0 fully saturated rings. The van der Waals surface area contributed by atoms with Crippen LogP contribution in [0.1, 0.15) is 42.9 Å². The third kappa shape index (κ3) is 5.09. The summed E-state index contributed by atoms with van der Waals surface area (Å²) < 4.78 is 0. The lowest BCUT2D eigenvalue weighted by molar-refractivity contribution is -0.110. The summed E-state index contributed by atoms with van der Waals surface area (Å²) >= 11 is 0. The molecular weight excluding hydrogens is 324 g/mol. The number of carbonyl (C=O) groups is 1. The lowest BCUT2D eigenvalue weighted by Gasteiger charge is -2.24. The van der Waals surface area contributed by atoms with E-state index in [1.807, 2.05) is 18.2 Å². The molecule has 0 heterocycles. The Labute approximate surface area is 155 Å². The molecule has 0 radical (unpaired) electrons. The van der Waals surface area contributed by atoms with Gasteiger partial charge in [-0.3, -0.25) is 4.79 Å². The van der Waals surface area contributed by atoms with Crippen molar-refractivity contribution in [2.24, 2.45) is 5.73 Å². The van der Waals surface area contributed by atoms with E-state index < -0.39 is 0 Å². The molecular formula is C21H28N4O. The molecule has 0 spiro atoms. The van der Waals surface area contributed by atoms with Crippen LogP contribution in [-0.4, -0.2) is 19.7 Å². The lowest BCUT2D eigenvalue weighted by Crippen LogP contribution is -2.23. The van der Waals surface area contributed by atoms with Crippen molar-refractivity contribution in [3.8, 4) is 0 Å². The smallest absolute Gasteiger partial charge is 0.207 e. The first kappa shape index (κ1) is 19.5. The maximum absolute atomic E-state index is 10.4. The van der Waals surface area contributed by atoms with Crippen LogP contribution >= 0.6 is 0 Å². The summed E-state index contributed by atoms with van der Waals surface area (Å²) in [6.45, 7) is 0. The molecule has 26 heavy (non-hydrogen) atoms. The van der Waals surface area contributed by atoms with Gasteiger partial charge in [0.1, 0.15) is 0 Å². The minimum absolute atomic E-state index is 0.238. The zero-order valence-corrected chi connectivity index (χ0v) is 15.3. The molecule has 2 aliphatic rings. The van der Waals surface area contributed by atoms with Gasteiger partial charge in [-0.1, -0.05) is 42.5 Å². The summed E-state index contributed by atoms with van der Waals surface area (Å²) in [5.74, 6) is 0. The largest absolute Gasteiger partial charge is 0.397 e. The summed E-state index contributed by atoms with van der Waals surface area (Å²) in [4.78, 5) is 10.4. The maximum Gasteiger partial charge on any atom is 0.207 e. The van der Waals surface area contributed by atoms with Crippen LogP contribution < -0.4 is 16.4 Å². The Morgan fingerprint density at radius 2 is 2.12 bits per heavy atom. The van der Waals surface area contributed by atoms with Crippen molar-refractivity contribution in [2.75, 3.05) is 7.05 Å². The highest BCUT2D eigenvalue weighted by atomic mass is 16.1. The number of carbonyl (C=O) groups excluding carboxylic acids is 1. The number of nitrogens with two attached hydrogens (primary N) is 1. The molecule has 0 saturated heterocycles. The van der Waals surface area contributed by atoms with Crippen LogP contribution in [0.2, 0.25) is 0 Å². The average Bonchev–Trinajstić information content (AvgIpc) is 2.70. The number of benzene rings is 1. The predicted molar refractivity (Wildman–Crippen MR) is 107 cm³/mol. The van der Waals surface area contributed by atoms with E-state index in [1.54, 1.807) is 7.05 Å². The lowest BCUT2D eigenvalue weighted by atomic mass is 9.88. The zero-order chi connectivity index (χ0) is 18.8. The van der Waals surface area contributed by atoms with E-state index in [4.69, 9.17) is 11.1 Å². The molecule has 1 amide bonds. The van der Waals surface area contributed by atoms with Crippen molar-refractivity contribution in [3.63, 3.8) is 0 Å². The zero-order valence-electron chi connectivity index (χ0n) is 15.3. The van der Waals surface area contributed by atoms with Gasteiger partial charge in [-0.2, -0.15) is 0 Å². The second kappa shape index (κ2) is 10.2. The molecule has 0 aromatic heterocycles. The van der Waals surface area contributed by atoms with Gasteiger partial charge in [-0.15, -0.1) is 0 Å². The molecule has 1 aromatic carbocycles. The van der Waals surface area contributed by atoms with Gasteiger partial charge in [0.15, 0.2) is 0 Å². The monoisotopic (exact) mass is 352 g/mol. The Kier molecular flexibility index (Phi) is 7.68. The van der Waals surface area contributed by atoms with Gasteiger partial charge >= 0.3 is 0 Å². The second-order valence-corrected chi connectivity index (χ2v) is 6.31. The molecule has 5 heteroatoms. The van der Waals surface area contributed by atoms with Gasteiger partial charge in [0.2, 0.25) is 6.41 Å².